The van der Waals surface area contributed by atoms with Crippen LogP contribution in [-0.2, 0) is 4.74 Å². The van der Waals surface area contributed by atoms with E-state index in [1.165, 1.54) is 30.7 Å². The molecular weight excluding hydrogens is 282 g/mol. The van der Waals surface area contributed by atoms with Crippen molar-refractivity contribution in [2.75, 3.05) is 0 Å². The second-order valence-electron chi connectivity index (χ2n) is 7.00. The number of nitro groups is 1. The number of ether oxygens (including phenoxy) is 1. The van der Waals surface area contributed by atoms with Gasteiger partial charge in [-0.15, -0.1) is 0 Å². The molecule has 2 atom stereocenters. The molecule has 5 nitrogen and oxygen atoms in total. The third kappa shape index (κ3) is 3.84. The van der Waals surface area contributed by atoms with E-state index in [4.69, 9.17) is 4.74 Å². The van der Waals surface area contributed by atoms with Crippen molar-refractivity contribution < 1.29 is 14.5 Å². The number of non-ortho nitro benzene ring substituents is 1. The molecule has 1 aromatic carbocycles. The van der Waals surface area contributed by atoms with Crippen molar-refractivity contribution in [2.24, 2.45) is 11.3 Å². The van der Waals surface area contributed by atoms with Gasteiger partial charge in [0.25, 0.3) is 5.69 Å². The molecule has 1 fully saturated rings. The fourth-order valence-corrected chi connectivity index (χ4v) is 3.15. The summed E-state index contributed by atoms with van der Waals surface area (Å²) in [6.45, 7) is 6.53. The molecule has 1 aliphatic carbocycles. The van der Waals surface area contributed by atoms with Crippen LogP contribution in [0.1, 0.15) is 56.8 Å². The SMILES string of the molecule is CC(C)(C)[C@H]1CCCC[C@H]1OC(=O)c1ccc([N+](=O)[O-])cc1. The van der Waals surface area contributed by atoms with Gasteiger partial charge in [0.1, 0.15) is 6.10 Å². The van der Waals surface area contributed by atoms with E-state index in [9.17, 15) is 14.9 Å². The Labute approximate surface area is 130 Å². The average Bonchev–Trinajstić information content (AvgIpc) is 2.46. The topological polar surface area (TPSA) is 69.4 Å². The van der Waals surface area contributed by atoms with Gasteiger partial charge in [-0.05, 0) is 36.8 Å². The number of benzene rings is 1. The van der Waals surface area contributed by atoms with Crippen LogP contribution >= 0.6 is 0 Å². The summed E-state index contributed by atoms with van der Waals surface area (Å²) in [6.07, 6.45) is 4.14. The van der Waals surface area contributed by atoms with E-state index in [0.717, 1.165) is 19.3 Å². The van der Waals surface area contributed by atoms with Crippen LogP contribution in [0.4, 0.5) is 5.69 Å². The highest BCUT2D eigenvalue weighted by atomic mass is 16.6. The minimum absolute atomic E-state index is 0.0261. The van der Waals surface area contributed by atoms with Crippen molar-refractivity contribution in [1.29, 1.82) is 0 Å². The molecule has 0 unspecified atom stereocenters. The summed E-state index contributed by atoms with van der Waals surface area (Å²) in [5.41, 5.74) is 0.437. The van der Waals surface area contributed by atoms with Crippen LogP contribution in [0.5, 0.6) is 0 Å². The Morgan fingerprint density at radius 1 is 1.18 bits per heavy atom. The van der Waals surface area contributed by atoms with Crippen molar-refractivity contribution in [3.63, 3.8) is 0 Å². The maximum atomic E-state index is 12.3. The van der Waals surface area contributed by atoms with Crippen molar-refractivity contribution in [2.45, 2.75) is 52.6 Å². The monoisotopic (exact) mass is 305 g/mol. The van der Waals surface area contributed by atoms with Crippen LogP contribution in [0.15, 0.2) is 24.3 Å². The van der Waals surface area contributed by atoms with Crippen LogP contribution in [0.3, 0.4) is 0 Å². The Morgan fingerprint density at radius 2 is 1.77 bits per heavy atom. The Balaban J connectivity index is 2.08. The fourth-order valence-electron chi connectivity index (χ4n) is 3.15. The maximum Gasteiger partial charge on any atom is 0.338 e. The zero-order chi connectivity index (χ0) is 16.3. The lowest BCUT2D eigenvalue weighted by molar-refractivity contribution is -0.384. The van der Waals surface area contributed by atoms with Gasteiger partial charge >= 0.3 is 5.97 Å². The highest BCUT2D eigenvalue weighted by Crippen LogP contribution is 2.39. The number of carbonyl (C=O) groups is 1. The van der Waals surface area contributed by atoms with Crippen LogP contribution in [0.25, 0.3) is 0 Å². The van der Waals surface area contributed by atoms with Gasteiger partial charge < -0.3 is 4.74 Å². The highest BCUT2D eigenvalue weighted by Gasteiger charge is 2.36. The summed E-state index contributed by atoms with van der Waals surface area (Å²) in [7, 11) is 0. The minimum Gasteiger partial charge on any atom is -0.458 e. The van der Waals surface area contributed by atoms with Gasteiger partial charge in [-0.3, -0.25) is 10.1 Å². The van der Waals surface area contributed by atoms with Crippen LogP contribution in [0, 0.1) is 21.4 Å². The molecule has 0 heterocycles. The summed E-state index contributed by atoms with van der Waals surface area (Å²) in [5, 5.41) is 10.6. The zero-order valence-corrected chi connectivity index (χ0v) is 13.4. The van der Waals surface area contributed by atoms with Crippen molar-refractivity contribution in [1.82, 2.24) is 0 Å². The first-order valence-corrected chi connectivity index (χ1v) is 7.74. The fraction of sp³-hybridized carbons (Fsp3) is 0.588. The molecule has 0 aromatic heterocycles. The molecule has 22 heavy (non-hydrogen) atoms. The first-order chi connectivity index (χ1) is 10.3. The normalized spacial score (nSPS) is 22.1. The second kappa shape index (κ2) is 6.46. The lowest BCUT2D eigenvalue weighted by Gasteiger charge is -2.39. The lowest BCUT2D eigenvalue weighted by Crippen LogP contribution is -2.38. The Kier molecular flexibility index (Phi) is 4.84. The summed E-state index contributed by atoms with van der Waals surface area (Å²) in [5.74, 6) is -0.0423. The lowest BCUT2D eigenvalue weighted by atomic mass is 9.70. The molecule has 0 aliphatic heterocycles. The van der Waals surface area contributed by atoms with Crippen LogP contribution in [0.2, 0.25) is 0 Å². The largest absolute Gasteiger partial charge is 0.458 e. The van der Waals surface area contributed by atoms with Gasteiger partial charge in [0.05, 0.1) is 10.5 Å². The third-order valence-corrected chi connectivity index (χ3v) is 4.39. The van der Waals surface area contributed by atoms with Crippen molar-refractivity contribution in [3.8, 4) is 0 Å². The molecule has 1 aromatic rings. The Hall–Kier alpha value is -1.91. The van der Waals surface area contributed by atoms with E-state index in [-0.39, 0.29) is 17.2 Å². The molecule has 0 saturated heterocycles. The van der Waals surface area contributed by atoms with Gasteiger partial charge in [0.2, 0.25) is 0 Å². The maximum absolute atomic E-state index is 12.3. The molecule has 0 radical (unpaired) electrons. The standard InChI is InChI=1S/C17H23NO4/c1-17(2,3)14-6-4-5-7-15(14)22-16(19)12-8-10-13(11-9-12)18(20)21/h8-11,14-15H,4-7H2,1-3H3/t14-,15+/m0/s1. The number of carbonyl (C=O) groups excluding carboxylic acids is 1. The van der Waals surface area contributed by atoms with E-state index in [1.807, 2.05) is 0 Å². The quantitative estimate of drug-likeness (QED) is 0.473. The number of hydrogen-bond acceptors (Lipinski definition) is 4. The van der Waals surface area contributed by atoms with Gasteiger partial charge in [0.15, 0.2) is 0 Å². The smallest absolute Gasteiger partial charge is 0.338 e. The summed E-state index contributed by atoms with van der Waals surface area (Å²) >= 11 is 0. The van der Waals surface area contributed by atoms with Crippen LogP contribution < -0.4 is 0 Å². The molecule has 0 bridgehead atoms. The van der Waals surface area contributed by atoms with E-state index in [2.05, 4.69) is 20.8 Å². The molecule has 120 valence electrons. The predicted molar refractivity (Wildman–Crippen MR) is 83.7 cm³/mol. The Morgan fingerprint density at radius 3 is 2.32 bits per heavy atom. The van der Waals surface area contributed by atoms with E-state index < -0.39 is 10.9 Å². The molecule has 0 spiro atoms. The number of rotatable bonds is 3. The number of hydrogen-bond donors (Lipinski definition) is 0. The van der Waals surface area contributed by atoms with Crippen molar-refractivity contribution >= 4 is 11.7 Å². The third-order valence-electron chi connectivity index (χ3n) is 4.39. The van der Waals surface area contributed by atoms with Gasteiger partial charge in [0, 0.05) is 18.1 Å². The number of esters is 1. The van der Waals surface area contributed by atoms with Crippen molar-refractivity contribution in [3.05, 3.63) is 39.9 Å². The highest BCUT2D eigenvalue weighted by molar-refractivity contribution is 5.89. The molecule has 0 amide bonds. The molecule has 0 N–H and O–H groups in total. The van der Waals surface area contributed by atoms with Crippen LogP contribution in [-0.4, -0.2) is 17.0 Å². The van der Waals surface area contributed by atoms with Gasteiger partial charge in [-0.1, -0.05) is 27.2 Å². The molecule has 5 heteroatoms. The number of nitro benzene ring substituents is 1. The molecule has 2 rings (SSSR count). The summed E-state index contributed by atoms with van der Waals surface area (Å²) in [4.78, 5) is 22.4. The summed E-state index contributed by atoms with van der Waals surface area (Å²) in [6, 6.07) is 5.57. The van der Waals surface area contributed by atoms with E-state index in [1.54, 1.807) is 0 Å². The first kappa shape index (κ1) is 16.5. The number of nitrogens with zero attached hydrogens (tertiary/aromatic N) is 1. The van der Waals surface area contributed by atoms with E-state index >= 15 is 0 Å². The predicted octanol–water partition coefficient (Wildman–Crippen LogP) is 4.36. The van der Waals surface area contributed by atoms with E-state index in [0.29, 0.717) is 11.5 Å². The molecular formula is C17H23NO4. The summed E-state index contributed by atoms with van der Waals surface area (Å²) < 4.78 is 5.71. The minimum atomic E-state index is -0.480. The Bertz CT molecular complexity index is 545. The second-order valence-corrected chi connectivity index (χ2v) is 7.00. The van der Waals surface area contributed by atoms with Gasteiger partial charge in [-0.2, -0.15) is 0 Å². The first-order valence-electron chi connectivity index (χ1n) is 7.74. The zero-order valence-electron chi connectivity index (χ0n) is 13.4. The molecule has 1 saturated carbocycles. The van der Waals surface area contributed by atoms with Gasteiger partial charge in [-0.25, -0.2) is 4.79 Å². The molecule has 1 aliphatic rings. The average molecular weight is 305 g/mol.